The first-order valence-corrected chi connectivity index (χ1v) is 5.05. The van der Waals surface area contributed by atoms with Crippen molar-refractivity contribution in [1.29, 1.82) is 0 Å². The van der Waals surface area contributed by atoms with Crippen molar-refractivity contribution in [2.45, 2.75) is 0 Å². The van der Waals surface area contributed by atoms with E-state index in [-0.39, 0.29) is 0 Å². The molecule has 0 fully saturated rings. The van der Waals surface area contributed by atoms with Gasteiger partial charge in [0.15, 0.2) is 0 Å². The maximum absolute atomic E-state index is 11.1. The fourth-order valence-corrected chi connectivity index (χ4v) is 1.28. The molecule has 0 atom stereocenters. The summed E-state index contributed by atoms with van der Waals surface area (Å²) in [4.78, 5) is 11.1. The largest absolute Gasteiger partial charge is 0.533 e. The van der Waals surface area contributed by atoms with Crippen LogP contribution >= 0.6 is 34.4 Å². The number of pyridine rings is 1. The zero-order valence-corrected chi connectivity index (χ0v) is 9.55. The van der Waals surface area contributed by atoms with Crippen LogP contribution in [0, 0.1) is 0 Å². The van der Waals surface area contributed by atoms with Crippen LogP contribution in [-0.4, -0.2) is 17.6 Å². The number of hydrogen-bond acceptors (Lipinski definition) is 2. The van der Waals surface area contributed by atoms with Gasteiger partial charge in [-0.15, -0.1) is 0 Å². The Kier molecular flexibility index (Phi) is 3.64. The first-order chi connectivity index (χ1) is 6.45. The van der Waals surface area contributed by atoms with Crippen LogP contribution < -0.4 is 4.48 Å². The number of hydrogen-bond donors (Lipinski definition) is 0. The first-order valence-electron chi connectivity index (χ1n) is 3.74. The van der Waals surface area contributed by atoms with E-state index in [1.54, 1.807) is 18.3 Å². The molecule has 7 heteroatoms. The van der Waals surface area contributed by atoms with Crippen molar-refractivity contribution >= 4 is 44.9 Å². The van der Waals surface area contributed by atoms with Crippen LogP contribution in [0.3, 0.4) is 0 Å². The van der Waals surface area contributed by atoms with Crippen molar-refractivity contribution in [1.82, 2.24) is 0 Å². The molecule has 0 saturated heterocycles. The van der Waals surface area contributed by atoms with Gasteiger partial charge in [-0.2, -0.15) is 0 Å². The Morgan fingerprint density at radius 3 is 2.64 bits per heavy atom. The van der Waals surface area contributed by atoms with Crippen LogP contribution in [0.25, 0.3) is 0 Å². The fourth-order valence-electron chi connectivity index (χ4n) is 0.913. The molecule has 1 aromatic heterocycles. The molecule has 14 heavy (non-hydrogen) atoms. The van der Waals surface area contributed by atoms with Gasteiger partial charge in [-0.1, -0.05) is 0 Å². The van der Waals surface area contributed by atoms with E-state index >= 15 is 0 Å². The van der Waals surface area contributed by atoms with E-state index in [0.29, 0.717) is 5.56 Å². The molecule has 0 N–H and O–H groups in total. The summed E-state index contributed by atoms with van der Waals surface area (Å²) in [6.07, 6.45) is 3.00. The monoisotopic (exact) mass is 253 g/mol. The van der Waals surface area contributed by atoms with Gasteiger partial charge in [0.2, 0.25) is 0 Å². The van der Waals surface area contributed by atoms with Gasteiger partial charge in [-0.3, -0.25) is 34.4 Å². The van der Waals surface area contributed by atoms with Gasteiger partial charge in [-0.25, -0.2) is 4.79 Å². The van der Waals surface area contributed by atoms with E-state index in [0.717, 1.165) is 0 Å². The molecule has 0 saturated carbocycles. The van der Waals surface area contributed by atoms with Gasteiger partial charge in [0, 0.05) is 0 Å². The van der Waals surface area contributed by atoms with E-state index in [1.165, 1.54) is 17.8 Å². The maximum atomic E-state index is 11.1. The lowest BCUT2D eigenvalue weighted by atomic mass is 10.2. The summed E-state index contributed by atoms with van der Waals surface area (Å²) in [5, 5.41) is 0. The summed E-state index contributed by atoms with van der Waals surface area (Å²) < 4.78 is 3.64. The number of carbonyl (C=O) groups excluding carboxylic acids is 1. The average Bonchev–Trinajstić information content (AvgIpc) is 2.15. The van der Waals surface area contributed by atoms with Crippen LogP contribution in [-0.2, 0) is 4.74 Å². The molecule has 0 bridgehead atoms. The normalized spacial score (nSPS) is 11.1. The Morgan fingerprint density at radius 1 is 1.50 bits per heavy atom. The predicted molar refractivity (Wildman–Crippen MR) is 56.7 cm³/mol. The lowest BCUT2D eigenvalue weighted by Gasteiger charge is -2.13. The number of aromatic nitrogens is 1. The van der Waals surface area contributed by atoms with Crippen molar-refractivity contribution in [3.8, 4) is 0 Å². The Balaban J connectivity index is 3.08. The van der Waals surface area contributed by atoms with Crippen molar-refractivity contribution in [2.24, 2.45) is 0 Å². The molecule has 3 nitrogen and oxygen atoms in total. The summed E-state index contributed by atoms with van der Waals surface area (Å²) in [5.41, 5.74) is 0.336. The second-order valence-electron chi connectivity index (χ2n) is 2.57. The molecule has 0 aliphatic rings. The Labute approximate surface area is 96.2 Å². The van der Waals surface area contributed by atoms with E-state index in [4.69, 9.17) is 34.4 Å². The highest BCUT2D eigenvalue weighted by atomic mass is 35.6. The highest BCUT2D eigenvalue weighted by molar-refractivity contribution is 7.61. The van der Waals surface area contributed by atoms with Gasteiger partial charge in [0.25, 0.3) is 0 Å². The lowest BCUT2D eigenvalue weighted by molar-refractivity contribution is -0.533. The minimum Gasteiger partial charge on any atom is -0.465 e. The van der Waals surface area contributed by atoms with Crippen molar-refractivity contribution in [2.75, 3.05) is 7.11 Å². The van der Waals surface area contributed by atoms with Gasteiger partial charge in [0.05, 0.1) is 7.11 Å². The fraction of sp³-hybridized carbons (Fsp3) is 0.143. The molecular weight excluding hydrogens is 247 g/mol. The van der Waals surface area contributed by atoms with Crippen LogP contribution in [0.2, 0.25) is 0 Å². The van der Waals surface area contributed by atoms with Crippen molar-refractivity contribution in [3.63, 3.8) is 0 Å². The number of esters is 1. The average molecular weight is 254 g/mol. The topological polar surface area (TPSA) is 30.2 Å². The summed E-state index contributed by atoms with van der Waals surface area (Å²) >= 11 is 17.0. The number of nitrogens with zero attached hydrogens (tertiary/aromatic N) is 1. The minimum atomic E-state index is -2.23. The number of rotatable bonds is 2. The molecule has 0 radical (unpaired) electrons. The molecule has 1 aromatic rings. The molecule has 0 aliphatic carbocycles. The zero-order valence-electron chi connectivity index (χ0n) is 7.28. The number of carbonyl (C=O) groups is 1. The number of halogens is 3. The van der Waals surface area contributed by atoms with Crippen LogP contribution in [0.15, 0.2) is 24.5 Å². The molecule has 76 valence electrons. The third-order valence-corrected chi connectivity index (χ3v) is 2.26. The van der Waals surface area contributed by atoms with Crippen LogP contribution in [0.5, 0.6) is 0 Å². The van der Waals surface area contributed by atoms with Gasteiger partial charge in [-0.05, 0) is 12.1 Å². The highest BCUT2D eigenvalue weighted by Crippen LogP contribution is 2.15. The Morgan fingerprint density at radius 2 is 2.14 bits per heavy atom. The maximum Gasteiger partial charge on any atom is 0.533 e. The summed E-state index contributed by atoms with van der Waals surface area (Å²) in [6.45, 7) is 0. The van der Waals surface area contributed by atoms with Gasteiger partial charge >= 0.3 is 10.5 Å². The summed E-state index contributed by atoms with van der Waals surface area (Å²) in [5.74, 6) is -0.468. The highest BCUT2D eigenvalue weighted by Gasteiger charge is 2.28. The van der Waals surface area contributed by atoms with E-state index < -0.39 is 10.5 Å². The van der Waals surface area contributed by atoms with Gasteiger partial charge < -0.3 is 9.21 Å². The third-order valence-electron chi connectivity index (χ3n) is 1.58. The van der Waals surface area contributed by atoms with E-state index in [2.05, 4.69) is 4.74 Å². The van der Waals surface area contributed by atoms with Crippen molar-refractivity contribution < 1.29 is 14.0 Å². The first kappa shape index (κ1) is 11.6. The Bertz CT molecular complexity index is 353. The number of ether oxygens (including phenoxy) is 1. The van der Waals surface area contributed by atoms with Gasteiger partial charge in [0.1, 0.15) is 18.0 Å². The standard InChI is InChI=1S/C7H7BCl3NO2/c1-14-7(13)6-3-2-4-12(5-6)8(9,10)11/h2-5H,1H3. The minimum absolute atomic E-state index is 0.336. The molecule has 1 rings (SSSR count). The molecular formula is C7H7BCl3NO2. The van der Waals surface area contributed by atoms with Crippen LogP contribution in [0.1, 0.15) is 10.4 Å². The molecule has 0 amide bonds. The molecule has 0 unspecified atom stereocenters. The smallest absolute Gasteiger partial charge is 0.465 e. The predicted octanol–water partition coefficient (Wildman–Crippen LogP) is 1.76. The van der Waals surface area contributed by atoms with E-state index in [9.17, 15) is 4.79 Å². The Hall–Kier alpha value is -0.445. The second kappa shape index (κ2) is 4.38. The summed E-state index contributed by atoms with van der Waals surface area (Å²) in [6, 6.07) is 3.19. The number of methoxy groups -OCH3 is 1. The molecule has 0 spiro atoms. The second-order valence-corrected chi connectivity index (χ2v) is 5.14. The zero-order chi connectivity index (χ0) is 10.8. The molecule has 0 aromatic carbocycles. The quantitative estimate of drug-likeness (QED) is 0.594. The summed E-state index contributed by atoms with van der Waals surface area (Å²) in [7, 11) is 1.29. The SMILES string of the molecule is COC(=O)c1ccc[n+]([B-](Cl)(Cl)Cl)c1. The van der Waals surface area contributed by atoms with Crippen LogP contribution in [0.4, 0.5) is 0 Å². The molecule has 0 aliphatic heterocycles. The molecule has 1 heterocycles. The third kappa shape index (κ3) is 2.77. The van der Waals surface area contributed by atoms with E-state index in [1.807, 2.05) is 0 Å². The lowest BCUT2D eigenvalue weighted by Crippen LogP contribution is -2.52. The van der Waals surface area contributed by atoms with Crippen molar-refractivity contribution in [3.05, 3.63) is 30.1 Å².